The molecule has 0 aromatic heterocycles. The van der Waals surface area contributed by atoms with Gasteiger partial charge in [0.2, 0.25) is 0 Å². The van der Waals surface area contributed by atoms with E-state index in [0.29, 0.717) is 33.4 Å². The van der Waals surface area contributed by atoms with Crippen LogP contribution in [0.2, 0.25) is 0 Å². The van der Waals surface area contributed by atoms with Gasteiger partial charge in [0.25, 0.3) is 0 Å². The van der Waals surface area contributed by atoms with Crippen molar-refractivity contribution in [2.75, 3.05) is 101 Å². The molecule has 0 saturated heterocycles. The fourth-order valence-corrected chi connectivity index (χ4v) is 10.3. The molecule has 0 heterocycles. The van der Waals surface area contributed by atoms with E-state index >= 15 is 0 Å². The van der Waals surface area contributed by atoms with Gasteiger partial charge in [-0.25, -0.2) is 0 Å². The summed E-state index contributed by atoms with van der Waals surface area (Å²) in [5.74, 6) is 1.60. The number of nitrogens with zero attached hydrogens (tertiary/aromatic N) is 6. The summed E-state index contributed by atoms with van der Waals surface area (Å²) in [5.41, 5.74) is 19.6. The Balaban J connectivity index is 0.000000319. The number of guanidine groups is 3. The number of nitrogens with two attached hydrogens (primary N) is 3. The fraction of sp³-hybridized carbons (Fsp3) is 0.192. The Hall–Kier alpha value is -7.93. The van der Waals surface area contributed by atoms with Gasteiger partial charge in [0.15, 0.2) is 0 Å². The maximum Gasteiger partial charge on any atom is 3.00 e. The van der Waals surface area contributed by atoms with Crippen molar-refractivity contribution in [2.24, 2.45) is 17.2 Å². The molecule has 0 fully saturated rings. The van der Waals surface area contributed by atoms with Gasteiger partial charge in [-0.15, -0.1) is 104 Å². The molecule has 0 bridgehead atoms. The summed E-state index contributed by atoms with van der Waals surface area (Å²) in [6, 6.07) is 66.1. The zero-order valence-corrected chi connectivity index (χ0v) is 64.1. The van der Waals surface area contributed by atoms with Crippen molar-refractivity contribution in [2.45, 2.75) is 0 Å². The molecule has 6 N–H and O–H groups in total. The molecular formula is C78H84Cl6N9O6Yb. The summed E-state index contributed by atoms with van der Waals surface area (Å²) in [7, 11) is 22.9. The third-order valence-corrected chi connectivity index (χ3v) is 14.8. The molecule has 0 spiro atoms. The third-order valence-electron chi connectivity index (χ3n) is 14.8. The van der Waals surface area contributed by atoms with Crippen LogP contribution in [-0.4, -0.2) is 147 Å². The predicted molar refractivity (Wildman–Crippen MR) is 412 cm³/mol. The van der Waals surface area contributed by atoms with Crippen LogP contribution in [-0.2, 0) is 0 Å². The molecule has 12 rings (SSSR count). The summed E-state index contributed by atoms with van der Waals surface area (Å²) in [4.78, 5) is 5.58. The summed E-state index contributed by atoms with van der Waals surface area (Å²) < 4.78 is 5.58. The largest absolute Gasteiger partial charge is 3.00 e. The van der Waals surface area contributed by atoms with E-state index in [9.17, 15) is 30.6 Å². The number of rotatable bonds is 3. The molecule has 100 heavy (non-hydrogen) atoms. The van der Waals surface area contributed by atoms with E-state index in [-0.39, 0.29) is 97.4 Å². The standard InChI is InChI=1S/3C20H14O2.3C5H13N3.3CH2Cl2.Yb/c3*21-17-11-9-13-5-1-3-7-15(13)19(17)20-16-8-4-2-6-14(16)10-12-18(20)22;3*1-7(2)5(6)8(3)4;3*2-1-3;/h3*1-12,21-22H;3*6H,1-4H3;3*1H2;/q;;;;;;;;;+3/p-3. The molecule has 0 unspecified atom stereocenters. The zero-order chi connectivity index (χ0) is 73.6. The van der Waals surface area contributed by atoms with E-state index in [4.69, 9.17) is 86.8 Å². The van der Waals surface area contributed by atoms with E-state index in [2.05, 4.69) is 0 Å². The van der Waals surface area contributed by atoms with Crippen molar-refractivity contribution in [3.63, 3.8) is 0 Å². The molecule has 0 aliphatic carbocycles. The second-order valence-electron chi connectivity index (χ2n) is 22.7. The van der Waals surface area contributed by atoms with Gasteiger partial charge < -0.3 is 30.6 Å². The average molecular weight is 1630 g/mol. The van der Waals surface area contributed by atoms with Gasteiger partial charge in [-0.3, -0.25) is 45.6 Å². The third kappa shape index (κ3) is 24.1. The Morgan fingerprint density at radius 2 is 0.380 bits per heavy atom. The maximum absolute atomic E-state index is 12.5. The first kappa shape index (κ1) is 86.3. The number of halogens is 6. The van der Waals surface area contributed by atoms with Crippen molar-refractivity contribution in [3.05, 3.63) is 218 Å². The summed E-state index contributed by atoms with van der Waals surface area (Å²) in [6.45, 7) is 0. The van der Waals surface area contributed by atoms with Gasteiger partial charge in [0.1, 0.15) is 0 Å². The van der Waals surface area contributed by atoms with Crippen LogP contribution in [0.3, 0.4) is 0 Å². The molecule has 15 nitrogen and oxygen atoms in total. The molecule has 0 atom stereocenters. The quantitative estimate of drug-likeness (QED) is 0.0648. The molecule has 533 valence electrons. The van der Waals surface area contributed by atoms with Crippen LogP contribution < -0.4 is 47.8 Å². The Morgan fingerprint density at radius 3 is 0.480 bits per heavy atom. The maximum atomic E-state index is 12.5. The molecule has 0 aliphatic rings. The second-order valence-corrected chi connectivity index (χ2v) is 25.1. The Kier molecular flexibility index (Phi) is 37.7. The topological polar surface area (TPSA) is 235 Å². The van der Waals surface area contributed by atoms with Crippen molar-refractivity contribution in [1.29, 1.82) is 0 Å². The van der Waals surface area contributed by atoms with Crippen LogP contribution >= 0.6 is 69.6 Å². The zero-order valence-electron chi connectivity index (χ0n) is 57.8. The number of alkyl halides is 6. The monoisotopic (exact) mass is 1630 g/mol. The number of hydrogen-bond acceptors (Lipinski definition) is 6. The second kappa shape index (κ2) is 43.7. The van der Waals surface area contributed by atoms with Crippen LogP contribution in [0.15, 0.2) is 218 Å². The van der Waals surface area contributed by atoms with Crippen LogP contribution in [0.1, 0.15) is 0 Å². The van der Waals surface area contributed by atoms with Crippen LogP contribution in [0.25, 0.3) is 98.0 Å². The minimum atomic E-state index is -0.118. The first-order valence-electron chi connectivity index (χ1n) is 30.6. The Bertz CT molecular complexity index is 3980. The molecule has 12 aromatic rings. The molecule has 0 saturated carbocycles. The Morgan fingerprint density at radius 1 is 0.260 bits per heavy atom. The molecular weight excluding hydrogens is 1540 g/mol. The van der Waals surface area contributed by atoms with E-state index in [1.54, 1.807) is 72.8 Å². The van der Waals surface area contributed by atoms with Gasteiger partial charge >= 0.3 is 64.8 Å². The van der Waals surface area contributed by atoms with E-state index in [0.717, 1.165) is 82.5 Å². The Labute approximate surface area is 655 Å². The van der Waals surface area contributed by atoms with Crippen molar-refractivity contribution >= 4 is 152 Å². The number of fused-ring (bicyclic) bond motifs is 6. The first-order valence-corrected chi connectivity index (χ1v) is 33.8. The minimum absolute atomic E-state index is 0. The smallest absolute Gasteiger partial charge is 0.872 e. The molecule has 12 aromatic carbocycles. The summed E-state index contributed by atoms with van der Waals surface area (Å²) >= 11 is 28.6. The van der Waals surface area contributed by atoms with Crippen molar-refractivity contribution in [1.82, 2.24) is 14.7 Å². The van der Waals surface area contributed by atoms with E-state index in [1.165, 1.54) is 0 Å². The van der Waals surface area contributed by atoms with Crippen molar-refractivity contribution < 1.29 is 91.3 Å². The normalized spacial score (nSPS) is 9.90. The first-order chi connectivity index (χ1) is 47.2. The average Bonchev–Trinajstić information content (AvgIpc) is 0.776. The van der Waals surface area contributed by atoms with Gasteiger partial charge in [-0.2, -0.15) is 0 Å². The molecule has 0 aliphatic heterocycles. The molecule has 1 radical (unpaired) electrons. The van der Waals surface area contributed by atoms with Crippen LogP contribution in [0, 0.1) is 46.9 Å². The van der Waals surface area contributed by atoms with Gasteiger partial charge in [0.05, 0.1) is 101 Å². The van der Waals surface area contributed by atoms with Gasteiger partial charge in [-0.1, -0.05) is 218 Å². The predicted octanol–water partition coefficient (Wildman–Crippen LogP) is 13.1. The van der Waals surface area contributed by atoms with Crippen molar-refractivity contribution in [3.8, 4) is 67.9 Å². The summed E-state index contributed by atoms with van der Waals surface area (Å²) in [5, 5.41) is 86.2. The van der Waals surface area contributed by atoms with E-state index < -0.39 is 0 Å². The SMILES string of the molecule is CN(C)C(N)=[N+](C)C.CN(C)C(N)=[N+](C)C.CN(C)C(N)=[N+](C)C.ClCCl.ClCCl.ClCCl.[O-]c1ccc2ccccc2c1-c1c([O-])ccc2ccccc12.[O-]c1ccc2ccccc2c1-c1c([O-])ccc2ccccc12.[O-]c1ccc2ccccc2c1-c1c([O-])ccc2ccccc12.[Yb+3]. The number of hydrogen-bond donors (Lipinski definition) is 3. The van der Waals surface area contributed by atoms with Crippen LogP contribution in [0.4, 0.5) is 0 Å². The van der Waals surface area contributed by atoms with Gasteiger partial charge in [-0.05, 0) is 98.0 Å². The fourth-order valence-electron chi connectivity index (χ4n) is 10.3. The molecule has 0 amide bonds. The number of benzene rings is 12. The van der Waals surface area contributed by atoms with E-state index in [1.807, 2.05) is 259 Å². The molecule has 22 heteroatoms. The van der Waals surface area contributed by atoms with Crippen LogP contribution in [0.5, 0.6) is 34.5 Å². The van der Waals surface area contributed by atoms with Gasteiger partial charge in [0, 0.05) is 0 Å². The summed E-state index contributed by atoms with van der Waals surface area (Å²) in [6.07, 6.45) is 0. The minimum Gasteiger partial charge on any atom is -0.872 e.